The van der Waals surface area contributed by atoms with Crippen LogP contribution in [0.5, 0.6) is 0 Å². The lowest BCUT2D eigenvalue weighted by Gasteiger charge is -2.32. The molecule has 0 aliphatic carbocycles. The van der Waals surface area contributed by atoms with Crippen molar-refractivity contribution in [2.45, 2.75) is 12.8 Å². The minimum Gasteiger partial charge on any atom is -0.383 e. The van der Waals surface area contributed by atoms with Crippen LogP contribution in [0.25, 0.3) is 0 Å². The van der Waals surface area contributed by atoms with Gasteiger partial charge in [-0.2, -0.15) is 0 Å². The second-order valence-electron chi connectivity index (χ2n) is 5.39. The summed E-state index contributed by atoms with van der Waals surface area (Å²) in [7, 11) is 0. The van der Waals surface area contributed by atoms with Crippen LogP contribution in [0, 0.1) is 5.92 Å². The summed E-state index contributed by atoms with van der Waals surface area (Å²) in [6.07, 6.45) is 3.12. The maximum Gasteiger partial charge on any atom is 0.166 e. The molecule has 0 radical (unpaired) electrons. The van der Waals surface area contributed by atoms with E-state index in [1.165, 1.54) is 6.33 Å². The minimum absolute atomic E-state index is 0.0802. The van der Waals surface area contributed by atoms with Gasteiger partial charge in [0.25, 0.3) is 0 Å². The second-order valence-corrected chi connectivity index (χ2v) is 6.18. The van der Waals surface area contributed by atoms with Gasteiger partial charge in [0.2, 0.25) is 0 Å². The first-order valence-corrected chi connectivity index (χ1v) is 8.06. The minimum atomic E-state index is 0.0802. The van der Waals surface area contributed by atoms with Crippen molar-refractivity contribution in [1.29, 1.82) is 0 Å². The predicted octanol–water partition coefficient (Wildman–Crippen LogP) is 2.92. The van der Waals surface area contributed by atoms with Gasteiger partial charge in [-0.25, -0.2) is 9.97 Å². The number of carbonyl (C=O) groups excluding carboxylic acids is 1. The fourth-order valence-electron chi connectivity index (χ4n) is 2.79. The number of Topliss-reactive ketones (excluding diaryl/α,β-unsaturated/α-hetero) is 1. The van der Waals surface area contributed by atoms with Crippen molar-refractivity contribution in [3.8, 4) is 0 Å². The number of carbonyl (C=O) groups is 1. The molecule has 114 valence electrons. The van der Waals surface area contributed by atoms with Gasteiger partial charge in [0, 0.05) is 24.6 Å². The van der Waals surface area contributed by atoms with Crippen molar-refractivity contribution in [3.63, 3.8) is 0 Å². The third-order valence-corrected chi connectivity index (χ3v) is 4.78. The quantitative estimate of drug-likeness (QED) is 0.851. The molecule has 1 aliphatic heterocycles. The van der Waals surface area contributed by atoms with Crippen LogP contribution < -0.4 is 10.6 Å². The Bertz CT molecular complexity index is 669. The SMILES string of the molecule is Nc1ncnc(N2CCC(C(=O)c3ccccc3)CC2)c1Br. The van der Waals surface area contributed by atoms with Crippen LogP contribution in [-0.2, 0) is 0 Å². The summed E-state index contributed by atoms with van der Waals surface area (Å²) in [5.41, 5.74) is 6.60. The molecule has 2 N–H and O–H groups in total. The highest BCUT2D eigenvalue weighted by Gasteiger charge is 2.27. The lowest BCUT2D eigenvalue weighted by atomic mass is 9.89. The topological polar surface area (TPSA) is 72.1 Å². The molecule has 2 aromatic rings. The molecule has 22 heavy (non-hydrogen) atoms. The number of aromatic nitrogens is 2. The summed E-state index contributed by atoms with van der Waals surface area (Å²) in [6.45, 7) is 1.58. The first kappa shape index (κ1) is 15.0. The third kappa shape index (κ3) is 2.97. The van der Waals surface area contributed by atoms with E-state index in [4.69, 9.17) is 5.73 Å². The van der Waals surface area contributed by atoms with E-state index < -0.39 is 0 Å². The number of rotatable bonds is 3. The van der Waals surface area contributed by atoms with Gasteiger partial charge in [-0.3, -0.25) is 4.79 Å². The molecular formula is C16H17BrN4O. The Morgan fingerprint density at radius 2 is 1.86 bits per heavy atom. The number of nitrogens with two attached hydrogens (primary N) is 1. The Labute approximate surface area is 137 Å². The van der Waals surface area contributed by atoms with Gasteiger partial charge in [0.15, 0.2) is 5.78 Å². The van der Waals surface area contributed by atoms with Crippen molar-refractivity contribution < 1.29 is 4.79 Å². The van der Waals surface area contributed by atoms with E-state index in [0.717, 1.165) is 41.8 Å². The van der Waals surface area contributed by atoms with Gasteiger partial charge in [0.05, 0.1) is 0 Å². The number of halogens is 1. The van der Waals surface area contributed by atoms with E-state index in [9.17, 15) is 4.79 Å². The molecule has 0 bridgehead atoms. The Kier molecular flexibility index (Phi) is 4.38. The molecule has 5 nitrogen and oxygen atoms in total. The van der Waals surface area contributed by atoms with Crippen molar-refractivity contribution in [3.05, 3.63) is 46.7 Å². The largest absolute Gasteiger partial charge is 0.383 e. The first-order valence-electron chi connectivity index (χ1n) is 7.27. The van der Waals surface area contributed by atoms with Crippen molar-refractivity contribution in [2.75, 3.05) is 23.7 Å². The molecule has 0 amide bonds. The first-order chi connectivity index (χ1) is 10.7. The molecule has 1 saturated heterocycles. The Morgan fingerprint density at radius 1 is 1.18 bits per heavy atom. The van der Waals surface area contributed by atoms with Gasteiger partial charge in [0.1, 0.15) is 22.4 Å². The van der Waals surface area contributed by atoms with E-state index in [-0.39, 0.29) is 11.7 Å². The molecule has 0 atom stereocenters. The lowest BCUT2D eigenvalue weighted by molar-refractivity contribution is 0.0900. The van der Waals surface area contributed by atoms with E-state index in [1.54, 1.807) is 0 Å². The number of nitrogens with zero attached hydrogens (tertiary/aromatic N) is 3. The van der Waals surface area contributed by atoms with Gasteiger partial charge >= 0.3 is 0 Å². The monoisotopic (exact) mass is 360 g/mol. The van der Waals surface area contributed by atoms with Crippen molar-refractivity contribution >= 4 is 33.3 Å². The van der Waals surface area contributed by atoms with Crippen LogP contribution in [-0.4, -0.2) is 28.8 Å². The summed E-state index contributed by atoms with van der Waals surface area (Å²) in [4.78, 5) is 22.9. The molecular weight excluding hydrogens is 344 g/mol. The number of hydrogen-bond acceptors (Lipinski definition) is 5. The average molecular weight is 361 g/mol. The Balaban J connectivity index is 1.68. The second kappa shape index (κ2) is 6.44. The van der Waals surface area contributed by atoms with Crippen LogP contribution in [0.1, 0.15) is 23.2 Å². The van der Waals surface area contributed by atoms with Gasteiger partial charge in [-0.15, -0.1) is 0 Å². The Hall–Kier alpha value is -1.95. The zero-order valence-electron chi connectivity index (χ0n) is 12.1. The summed E-state index contributed by atoms with van der Waals surface area (Å²) >= 11 is 3.44. The third-order valence-electron chi connectivity index (χ3n) is 4.02. The summed E-state index contributed by atoms with van der Waals surface area (Å²) in [6, 6.07) is 9.51. The average Bonchev–Trinajstić information content (AvgIpc) is 2.58. The highest BCUT2D eigenvalue weighted by Crippen LogP contribution is 2.31. The number of anilines is 2. The number of nitrogen functional groups attached to an aromatic ring is 1. The summed E-state index contributed by atoms with van der Waals surface area (Å²) in [5.74, 6) is 1.56. The fraction of sp³-hybridized carbons (Fsp3) is 0.312. The van der Waals surface area contributed by atoms with Crippen molar-refractivity contribution in [2.24, 2.45) is 5.92 Å². The molecule has 1 aliphatic rings. The number of benzene rings is 1. The molecule has 3 rings (SSSR count). The number of ketones is 1. The van der Waals surface area contributed by atoms with E-state index in [0.29, 0.717) is 5.82 Å². The Morgan fingerprint density at radius 3 is 2.55 bits per heavy atom. The highest BCUT2D eigenvalue weighted by atomic mass is 79.9. The molecule has 6 heteroatoms. The number of piperidine rings is 1. The van der Waals surface area contributed by atoms with Gasteiger partial charge in [-0.05, 0) is 28.8 Å². The van der Waals surface area contributed by atoms with E-state index in [1.807, 2.05) is 30.3 Å². The number of hydrogen-bond donors (Lipinski definition) is 1. The highest BCUT2D eigenvalue weighted by molar-refractivity contribution is 9.10. The van der Waals surface area contributed by atoms with Gasteiger partial charge in [-0.1, -0.05) is 30.3 Å². The van der Waals surface area contributed by atoms with E-state index in [2.05, 4.69) is 30.8 Å². The smallest absolute Gasteiger partial charge is 0.166 e. The zero-order chi connectivity index (χ0) is 15.5. The molecule has 1 aromatic carbocycles. The summed E-state index contributed by atoms with van der Waals surface area (Å²) in [5, 5.41) is 0. The lowest BCUT2D eigenvalue weighted by Crippen LogP contribution is -2.37. The van der Waals surface area contributed by atoms with Crippen LogP contribution in [0.15, 0.2) is 41.1 Å². The molecule has 0 spiro atoms. The predicted molar refractivity (Wildman–Crippen MR) is 89.9 cm³/mol. The molecule has 0 unspecified atom stereocenters. The van der Waals surface area contributed by atoms with Crippen LogP contribution in [0.4, 0.5) is 11.6 Å². The molecule has 1 fully saturated rings. The van der Waals surface area contributed by atoms with Crippen LogP contribution >= 0.6 is 15.9 Å². The zero-order valence-corrected chi connectivity index (χ0v) is 13.7. The van der Waals surface area contributed by atoms with Crippen molar-refractivity contribution in [1.82, 2.24) is 9.97 Å². The maximum atomic E-state index is 12.5. The summed E-state index contributed by atoms with van der Waals surface area (Å²) < 4.78 is 0.725. The standard InChI is InChI=1S/C16H17BrN4O/c17-13-15(18)19-10-20-16(13)21-8-6-12(7-9-21)14(22)11-4-2-1-3-5-11/h1-5,10,12H,6-9H2,(H2,18,19,20). The normalized spacial score (nSPS) is 15.8. The fourth-order valence-corrected chi connectivity index (χ4v) is 3.24. The molecule has 0 saturated carbocycles. The molecule has 2 heterocycles. The maximum absolute atomic E-state index is 12.5. The molecule has 1 aromatic heterocycles. The van der Waals surface area contributed by atoms with Gasteiger partial charge < -0.3 is 10.6 Å². The van der Waals surface area contributed by atoms with Crippen LogP contribution in [0.3, 0.4) is 0 Å². The van der Waals surface area contributed by atoms with Crippen LogP contribution in [0.2, 0.25) is 0 Å². The van der Waals surface area contributed by atoms with E-state index >= 15 is 0 Å².